The Bertz CT molecular complexity index is 1380. The van der Waals surface area contributed by atoms with Crippen LogP contribution in [0.5, 0.6) is 0 Å². The molecule has 2 aliphatic rings. The Morgan fingerprint density at radius 3 is 2.73 bits per heavy atom. The molecule has 2 heterocycles. The number of anilines is 1. The van der Waals surface area contributed by atoms with Crippen molar-refractivity contribution in [3.8, 4) is 0 Å². The fourth-order valence-electron chi connectivity index (χ4n) is 4.89. The van der Waals surface area contributed by atoms with Crippen LogP contribution < -0.4 is 5.32 Å². The van der Waals surface area contributed by atoms with Crippen LogP contribution in [0.2, 0.25) is 10.0 Å². The number of carbonyl (C=O) groups is 2. The van der Waals surface area contributed by atoms with Crippen molar-refractivity contribution in [2.75, 3.05) is 18.4 Å². The topological polar surface area (TPSA) is 95.1 Å². The lowest BCUT2D eigenvalue weighted by molar-refractivity contribution is -0.116. The number of ketones is 1. The fourth-order valence-corrected chi connectivity index (χ4v) is 5.18. The van der Waals surface area contributed by atoms with Gasteiger partial charge in [-0.05, 0) is 47.9 Å². The number of nitrogens with zero attached hydrogens (tertiary/aromatic N) is 2. The van der Waals surface area contributed by atoms with Gasteiger partial charge >= 0.3 is 6.03 Å². The Hall–Kier alpha value is -3.55. The molecule has 2 aromatic carbocycles. The lowest BCUT2D eigenvalue weighted by Crippen LogP contribution is -2.43. The van der Waals surface area contributed by atoms with Crippen LogP contribution in [0, 0.1) is 0 Å². The molecule has 1 aromatic heterocycles. The smallest absolute Gasteiger partial charge is 0.322 e. The summed E-state index contributed by atoms with van der Waals surface area (Å²) < 4.78 is 5.41. The largest absolute Gasteiger partial charge is 0.511 e. The number of hydrogen-bond donors (Lipinski definition) is 2. The molecule has 0 spiro atoms. The van der Waals surface area contributed by atoms with Crippen LogP contribution in [0.1, 0.15) is 41.7 Å². The van der Waals surface area contributed by atoms with Crippen LogP contribution in [-0.4, -0.2) is 41.1 Å². The van der Waals surface area contributed by atoms with E-state index < -0.39 is 0 Å². The van der Waals surface area contributed by atoms with Crippen LogP contribution >= 0.6 is 23.2 Å². The fraction of sp³-hybridized carbons (Fsp3) is 0.250. The quantitative estimate of drug-likeness (QED) is 0.352. The van der Waals surface area contributed by atoms with Gasteiger partial charge in [0, 0.05) is 37.2 Å². The van der Waals surface area contributed by atoms with Crippen molar-refractivity contribution in [2.45, 2.75) is 31.2 Å². The number of Topliss-reactive ketones (excluding diaryl/α,β-unsaturated/α-hetero) is 1. The van der Waals surface area contributed by atoms with E-state index in [4.69, 9.17) is 27.6 Å². The third-order valence-corrected chi connectivity index (χ3v) is 7.51. The van der Waals surface area contributed by atoms with Gasteiger partial charge in [-0.25, -0.2) is 4.79 Å². The van der Waals surface area contributed by atoms with E-state index in [0.29, 0.717) is 40.9 Å². The summed E-state index contributed by atoms with van der Waals surface area (Å²) >= 11 is 12.1. The maximum atomic E-state index is 13.3. The highest BCUT2D eigenvalue weighted by atomic mass is 35.5. The molecule has 0 radical (unpaired) electrons. The second-order valence-electron chi connectivity index (χ2n) is 9.12. The molecule has 0 saturated heterocycles. The van der Waals surface area contributed by atoms with Crippen LogP contribution in [0.25, 0.3) is 0 Å². The Kier molecular flexibility index (Phi) is 7.35. The van der Waals surface area contributed by atoms with Gasteiger partial charge in [0.25, 0.3) is 0 Å². The minimum absolute atomic E-state index is 0.000314. The van der Waals surface area contributed by atoms with E-state index in [-0.39, 0.29) is 48.1 Å². The molecule has 9 heteroatoms. The molecule has 2 amide bonds. The third-order valence-electron chi connectivity index (χ3n) is 6.77. The first-order valence-corrected chi connectivity index (χ1v) is 12.8. The monoisotopic (exact) mass is 537 g/mol. The number of benzene rings is 2. The van der Waals surface area contributed by atoms with Gasteiger partial charge < -0.3 is 19.7 Å². The van der Waals surface area contributed by atoms with Gasteiger partial charge in [-0.3, -0.25) is 9.79 Å². The molecule has 0 bridgehead atoms. The number of aliphatic imine (C=N–C) groups is 1. The van der Waals surface area contributed by atoms with Crippen molar-refractivity contribution in [1.29, 1.82) is 0 Å². The number of nitrogens with one attached hydrogen (secondary N) is 1. The molecule has 7 nitrogen and oxygen atoms in total. The van der Waals surface area contributed by atoms with Crippen molar-refractivity contribution in [3.63, 3.8) is 0 Å². The van der Waals surface area contributed by atoms with E-state index in [0.717, 1.165) is 11.1 Å². The number of carbonyl (C=O) groups excluding carboxylic acids is 2. The molecule has 37 heavy (non-hydrogen) atoms. The van der Waals surface area contributed by atoms with E-state index >= 15 is 0 Å². The van der Waals surface area contributed by atoms with Gasteiger partial charge in [-0.15, -0.1) is 0 Å². The maximum Gasteiger partial charge on any atom is 0.322 e. The summed E-state index contributed by atoms with van der Waals surface area (Å²) in [4.78, 5) is 32.3. The zero-order valence-corrected chi connectivity index (χ0v) is 21.4. The Morgan fingerprint density at radius 1 is 1.14 bits per heavy atom. The van der Waals surface area contributed by atoms with Crippen LogP contribution in [-0.2, 0) is 11.2 Å². The SMILES string of the molecule is O=C1CC(c2ccco2)CC(O)=C1C=NC[C@@H]1c2ccccc2CCN1C(=O)Nc1ccc(Cl)c(Cl)c1. The van der Waals surface area contributed by atoms with Crippen molar-refractivity contribution in [1.82, 2.24) is 4.90 Å². The number of halogens is 2. The molecular formula is C28H25Cl2N3O4. The second kappa shape index (κ2) is 10.8. The molecule has 1 unspecified atom stereocenters. The first-order chi connectivity index (χ1) is 17.9. The lowest BCUT2D eigenvalue weighted by Gasteiger charge is -2.36. The number of amides is 2. The first-order valence-electron chi connectivity index (χ1n) is 12.0. The van der Waals surface area contributed by atoms with Gasteiger partial charge in [0.2, 0.25) is 0 Å². The molecule has 3 aromatic rings. The molecule has 2 N–H and O–H groups in total. The number of aliphatic hydroxyl groups excluding tert-OH is 1. The lowest BCUT2D eigenvalue weighted by atomic mass is 9.86. The predicted octanol–water partition coefficient (Wildman–Crippen LogP) is 6.75. The Labute approximate surface area is 224 Å². The van der Waals surface area contributed by atoms with Crippen molar-refractivity contribution in [3.05, 3.63) is 99.1 Å². The predicted molar refractivity (Wildman–Crippen MR) is 144 cm³/mol. The van der Waals surface area contributed by atoms with Crippen molar-refractivity contribution < 1.29 is 19.1 Å². The first kappa shape index (κ1) is 25.1. The number of urea groups is 1. The van der Waals surface area contributed by atoms with E-state index in [1.165, 1.54) is 6.21 Å². The number of furan rings is 1. The van der Waals surface area contributed by atoms with Crippen LogP contribution in [0.4, 0.5) is 10.5 Å². The maximum absolute atomic E-state index is 13.3. The van der Waals surface area contributed by atoms with Gasteiger partial charge in [0.05, 0.1) is 34.5 Å². The standard InChI is InChI=1S/C28H25Cl2N3O4/c29-22-8-7-19(14-23(22)30)32-28(36)33-10-9-17-4-1-2-5-20(17)24(33)16-31-15-21-25(34)12-18(13-26(21)35)27-6-3-11-37-27/h1-8,11,14-15,18,24,34H,9-10,12-13,16H2,(H,32,36)/t18?,24-/m1/s1. The number of rotatable bonds is 5. The summed E-state index contributed by atoms with van der Waals surface area (Å²) in [5.41, 5.74) is 2.90. The molecule has 5 rings (SSSR count). The summed E-state index contributed by atoms with van der Waals surface area (Å²) in [6, 6.07) is 15.8. The average molecular weight is 538 g/mol. The normalized spacial score (nSPS) is 19.8. The van der Waals surface area contributed by atoms with Crippen molar-refractivity contribution >= 4 is 46.9 Å². The minimum Gasteiger partial charge on any atom is -0.511 e. The average Bonchev–Trinajstić information content (AvgIpc) is 3.43. The molecule has 2 atom stereocenters. The molecule has 0 fully saturated rings. The van der Waals surface area contributed by atoms with Gasteiger partial charge in [0.1, 0.15) is 11.5 Å². The zero-order chi connectivity index (χ0) is 25.9. The van der Waals surface area contributed by atoms with E-state index in [1.807, 2.05) is 30.3 Å². The highest BCUT2D eigenvalue weighted by Gasteiger charge is 2.32. The summed E-state index contributed by atoms with van der Waals surface area (Å²) in [6.07, 6.45) is 4.25. The molecule has 1 aliphatic carbocycles. The summed E-state index contributed by atoms with van der Waals surface area (Å²) in [5.74, 6) is 0.301. The van der Waals surface area contributed by atoms with Gasteiger partial charge in [-0.2, -0.15) is 0 Å². The highest BCUT2D eigenvalue weighted by Crippen LogP contribution is 2.34. The van der Waals surface area contributed by atoms with E-state index in [9.17, 15) is 14.7 Å². The Balaban J connectivity index is 1.35. The van der Waals surface area contributed by atoms with Crippen LogP contribution in [0.3, 0.4) is 0 Å². The number of allylic oxidation sites excluding steroid dienone is 2. The minimum atomic E-state index is -0.346. The Morgan fingerprint density at radius 2 is 1.97 bits per heavy atom. The van der Waals surface area contributed by atoms with Gasteiger partial charge in [-0.1, -0.05) is 47.5 Å². The van der Waals surface area contributed by atoms with E-state index in [2.05, 4.69) is 10.3 Å². The number of hydrogen-bond acceptors (Lipinski definition) is 5. The van der Waals surface area contributed by atoms with Crippen molar-refractivity contribution in [2.24, 2.45) is 4.99 Å². The third kappa shape index (κ3) is 5.43. The van der Waals surface area contributed by atoms with Gasteiger partial charge in [0.15, 0.2) is 5.78 Å². The summed E-state index contributed by atoms with van der Waals surface area (Å²) in [5, 5.41) is 14.2. The summed E-state index contributed by atoms with van der Waals surface area (Å²) in [6.45, 7) is 0.736. The number of aliphatic hydroxyl groups is 1. The molecule has 1 aliphatic heterocycles. The second-order valence-corrected chi connectivity index (χ2v) is 9.93. The summed E-state index contributed by atoms with van der Waals surface area (Å²) in [7, 11) is 0. The highest BCUT2D eigenvalue weighted by molar-refractivity contribution is 6.42. The van der Waals surface area contributed by atoms with E-state index in [1.54, 1.807) is 35.4 Å². The zero-order valence-electron chi connectivity index (χ0n) is 19.9. The molecular weight excluding hydrogens is 513 g/mol. The number of fused-ring (bicyclic) bond motifs is 1. The van der Waals surface area contributed by atoms with Crippen LogP contribution in [0.15, 0.2) is 81.6 Å². The molecule has 190 valence electrons. The molecule has 0 saturated carbocycles.